The van der Waals surface area contributed by atoms with E-state index in [4.69, 9.17) is 5.73 Å². The van der Waals surface area contributed by atoms with E-state index in [-0.39, 0.29) is 6.01 Å². The first-order valence-corrected chi connectivity index (χ1v) is 3.91. The van der Waals surface area contributed by atoms with Gasteiger partial charge in [0.2, 0.25) is 0 Å². The third kappa shape index (κ3) is 3.60. The Balaban J connectivity index is 0.000000461. The average Bonchev–Trinajstić information content (AvgIpc) is 2.41. The van der Waals surface area contributed by atoms with E-state index in [1.807, 2.05) is 20.8 Å². The zero-order chi connectivity index (χ0) is 8.69. The van der Waals surface area contributed by atoms with Crippen LogP contribution in [0, 0.1) is 0 Å². The molecule has 0 fully saturated rings. The van der Waals surface area contributed by atoms with Gasteiger partial charge < -0.3 is 10.3 Å². The Bertz CT molecular complexity index is 186. The van der Waals surface area contributed by atoms with Gasteiger partial charge in [-0.25, -0.2) is 0 Å². The summed E-state index contributed by atoms with van der Waals surface area (Å²) in [5.41, 5.74) is 5.17. The summed E-state index contributed by atoms with van der Waals surface area (Å²) in [6.45, 7) is 6.05. The Morgan fingerprint density at radius 1 is 1.45 bits per heavy atom. The fourth-order valence-electron chi connectivity index (χ4n) is 0.593. The first kappa shape index (κ1) is 9.94. The van der Waals surface area contributed by atoms with Gasteiger partial charge in [-0.3, -0.25) is 0 Å². The van der Waals surface area contributed by atoms with E-state index >= 15 is 0 Å². The van der Waals surface area contributed by atoms with E-state index < -0.39 is 0 Å². The van der Waals surface area contributed by atoms with E-state index in [1.165, 1.54) is 0 Å². The number of aryl methyl sites for hydroxylation is 1. The van der Waals surface area contributed by atoms with Gasteiger partial charge in [-0.15, -0.1) is 0 Å². The molecular weight excluding hydrogens is 142 g/mol. The van der Waals surface area contributed by atoms with Gasteiger partial charge in [0.15, 0.2) is 5.82 Å². The highest BCUT2D eigenvalue weighted by Gasteiger charge is 1.98. The molecule has 64 valence electrons. The zero-order valence-corrected chi connectivity index (χ0v) is 7.29. The minimum absolute atomic E-state index is 0.151. The summed E-state index contributed by atoms with van der Waals surface area (Å²) in [7, 11) is 0. The zero-order valence-electron chi connectivity index (χ0n) is 7.29. The first-order chi connectivity index (χ1) is 5.33. The highest BCUT2D eigenvalue weighted by molar-refractivity contribution is 5.06. The molecule has 0 saturated carbocycles. The van der Waals surface area contributed by atoms with Crippen LogP contribution >= 0.6 is 0 Å². The Hall–Kier alpha value is -1.06. The van der Waals surface area contributed by atoms with Gasteiger partial charge in [0, 0.05) is 6.42 Å². The lowest BCUT2D eigenvalue weighted by Crippen LogP contribution is -1.87. The molecule has 0 spiro atoms. The second kappa shape index (κ2) is 5.70. The van der Waals surface area contributed by atoms with Crippen LogP contribution in [0.15, 0.2) is 4.52 Å². The lowest BCUT2D eigenvalue weighted by atomic mass is 10.3. The lowest BCUT2D eigenvalue weighted by Gasteiger charge is -1.81. The number of nitrogens with zero attached hydrogens (tertiary/aromatic N) is 2. The third-order valence-corrected chi connectivity index (χ3v) is 0.957. The number of nitrogens with two attached hydrogens (primary N) is 1. The van der Waals surface area contributed by atoms with Crippen molar-refractivity contribution < 1.29 is 4.52 Å². The maximum atomic E-state index is 5.17. The molecule has 1 aromatic heterocycles. The van der Waals surface area contributed by atoms with Crippen LogP contribution in [0.4, 0.5) is 6.01 Å². The molecule has 1 aromatic rings. The monoisotopic (exact) mass is 157 g/mol. The summed E-state index contributed by atoms with van der Waals surface area (Å²) in [5.74, 6) is 0.690. The molecule has 1 heterocycles. The van der Waals surface area contributed by atoms with Crippen LogP contribution in [0.5, 0.6) is 0 Å². The summed E-state index contributed by atoms with van der Waals surface area (Å²) in [4.78, 5) is 3.80. The maximum absolute atomic E-state index is 5.17. The summed E-state index contributed by atoms with van der Waals surface area (Å²) >= 11 is 0. The van der Waals surface area contributed by atoms with Crippen molar-refractivity contribution in [2.75, 3.05) is 5.73 Å². The van der Waals surface area contributed by atoms with Gasteiger partial charge in [-0.05, 0) is 6.42 Å². The molecule has 4 heteroatoms. The number of hydrogen-bond acceptors (Lipinski definition) is 4. The molecule has 4 nitrogen and oxygen atoms in total. The standard InChI is InChI=1S/C5H9N3O.C2H6/c1-2-3-4-7-5(6)9-8-4;1-2/h2-3H2,1H3,(H2,6,7,8);1-2H3. The Morgan fingerprint density at radius 2 is 2.09 bits per heavy atom. The molecule has 0 atom stereocenters. The lowest BCUT2D eigenvalue weighted by molar-refractivity contribution is 0.426. The molecule has 0 aliphatic heterocycles. The molecule has 0 unspecified atom stereocenters. The second-order valence-electron chi connectivity index (χ2n) is 1.80. The molecule has 0 aromatic carbocycles. The van der Waals surface area contributed by atoms with Gasteiger partial charge in [0.05, 0.1) is 0 Å². The summed E-state index contributed by atoms with van der Waals surface area (Å²) in [5, 5.41) is 3.59. The SMILES string of the molecule is CC.CCCc1noc(N)n1. The van der Waals surface area contributed by atoms with Crippen molar-refractivity contribution in [2.45, 2.75) is 33.6 Å². The minimum Gasteiger partial charge on any atom is -0.351 e. The van der Waals surface area contributed by atoms with Gasteiger partial charge >= 0.3 is 6.01 Å². The maximum Gasteiger partial charge on any atom is 0.318 e. The van der Waals surface area contributed by atoms with Crippen LogP contribution < -0.4 is 5.73 Å². The van der Waals surface area contributed by atoms with Crippen molar-refractivity contribution in [1.82, 2.24) is 10.1 Å². The molecule has 0 amide bonds. The third-order valence-electron chi connectivity index (χ3n) is 0.957. The molecular formula is C7H15N3O. The fraction of sp³-hybridized carbons (Fsp3) is 0.714. The van der Waals surface area contributed by atoms with Crippen LogP contribution in [-0.4, -0.2) is 10.1 Å². The van der Waals surface area contributed by atoms with Gasteiger partial charge in [0.25, 0.3) is 0 Å². The molecule has 0 aliphatic carbocycles. The van der Waals surface area contributed by atoms with Crippen molar-refractivity contribution in [3.8, 4) is 0 Å². The molecule has 11 heavy (non-hydrogen) atoms. The minimum atomic E-state index is 0.151. The first-order valence-electron chi connectivity index (χ1n) is 3.91. The molecule has 0 saturated heterocycles. The largest absolute Gasteiger partial charge is 0.351 e. The van der Waals surface area contributed by atoms with E-state index in [9.17, 15) is 0 Å². The molecule has 0 radical (unpaired) electrons. The van der Waals surface area contributed by atoms with Crippen molar-refractivity contribution in [1.29, 1.82) is 0 Å². The van der Waals surface area contributed by atoms with Crippen molar-refractivity contribution in [2.24, 2.45) is 0 Å². The summed E-state index contributed by atoms with van der Waals surface area (Å²) in [6.07, 6.45) is 1.85. The van der Waals surface area contributed by atoms with Crippen LogP contribution in [-0.2, 0) is 6.42 Å². The Labute approximate surface area is 66.8 Å². The molecule has 0 aliphatic rings. The second-order valence-corrected chi connectivity index (χ2v) is 1.80. The van der Waals surface area contributed by atoms with Crippen LogP contribution in [0.3, 0.4) is 0 Å². The number of anilines is 1. The van der Waals surface area contributed by atoms with E-state index in [0.717, 1.165) is 12.8 Å². The molecule has 0 bridgehead atoms. The summed E-state index contributed by atoms with van der Waals surface area (Å²) < 4.78 is 4.53. The normalized spacial score (nSPS) is 8.64. The average molecular weight is 157 g/mol. The van der Waals surface area contributed by atoms with E-state index in [2.05, 4.69) is 14.7 Å². The predicted octanol–water partition coefficient (Wildman–Crippen LogP) is 1.63. The fourth-order valence-corrected chi connectivity index (χ4v) is 0.593. The quantitative estimate of drug-likeness (QED) is 0.708. The number of rotatable bonds is 2. The summed E-state index contributed by atoms with van der Waals surface area (Å²) in [6, 6.07) is 0.151. The van der Waals surface area contributed by atoms with Crippen molar-refractivity contribution >= 4 is 6.01 Å². The van der Waals surface area contributed by atoms with Crippen molar-refractivity contribution in [3.63, 3.8) is 0 Å². The number of hydrogen-bond donors (Lipinski definition) is 1. The van der Waals surface area contributed by atoms with Gasteiger partial charge in [-0.2, -0.15) is 4.98 Å². The van der Waals surface area contributed by atoms with Crippen LogP contribution in [0.2, 0.25) is 0 Å². The predicted molar refractivity (Wildman–Crippen MR) is 44.1 cm³/mol. The highest BCUT2D eigenvalue weighted by Crippen LogP contribution is 1.99. The molecule has 2 N–H and O–H groups in total. The number of aromatic nitrogens is 2. The topological polar surface area (TPSA) is 64.9 Å². The molecule has 1 rings (SSSR count). The van der Waals surface area contributed by atoms with E-state index in [1.54, 1.807) is 0 Å². The Morgan fingerprint density at radius 3 is 2.45 bits per heavy atom. The Kier molecular flexibility index (Phi) is 5.15. The van der Waals surface area contributed by atoms with Crippen LogP contribution in [0.1, 0.15) is 33.0 Å². The number of nitrogen functional groups attached to an aromatic ring is 1. The van der Waals surface area contributed by atoms with Gasteiger partial charge in [-0.1, -0.05) is 25.9 Å². The van der Waals surface area contributed by atoms with Gasteiger partial charge in [0.1, 0.15) is 0 Å². The smallest absolute Gasteiger partial charge is 0.318 e. The van der Waals surface area contributed by atoms with Crippen LogP contribution in [0.25, 0.3) is 0 Å². The van der Waals surface area contributed by atoms with E-state index in [0.29, 0.717) is 5.82 Å². The van der Waals surface area contributed by atoms with Crippen molar-refractivity contribution in [3.05, 3.63) is 5.82 Å². The highest BCUT2D eigenvalue weighted by atomic mass is 16.5.